The lowest BCUT2D eigenvalue weighted by molar-refractivity contribution is -0.121. The first kappa shape index (κ1) is 13.9. The largest absolute Gasteiger partial charge is 0.465 e. The Labute approximate surface area is 123 Å². The van der Waals surface area contributed by atoms with E-state index in [1.54, 1.807) is 7.05 Å². The van der Waals surface area contributed by atoms with E-state index in [-0.39, 0.29) is 11.9 Å². The Morgan fingerprint density at radius 1 is 1.43 bits per heavy atom. The number of nitrogens with one attached hydrogen (secondary N) is 2. The van der Waals surface area contributed by atoms with Crippen molar-refractivity contribution in [3.63, 3.8) is 0 Å². The van der Waals surface area contributed by atoms with E-state index in [1.807, 2.05) is 24.3 Å². The lowest BCUT2D eigenvalue weighted by Gasteiger charge is -2.22. The highest BCUT2D eigenvalue weighted by Gasteiger charge is 2.36. The maximum absolute atomic E-state index is 12.4. The van der Waals surface area contributed by atoms with Crippen LogP contribution in [0.2, 0.25) is 0 Å². The van der Waals surface area contributed by atoms with E-state index in [0.717, 1.165) is 17.7 Å². The molecule has 0 aromatic heterocycles. The average molecular weight is 289 g/mol. The van der Waals surface area contributed by atoms with E-state index in [0.29, 0.717) is 5.92 Å². The van der Waals surface area contributed by atoms with Crippen molar-refractivity contribution in [3.8, 4) is 0 Å². The van der Waals surface area contributed by atoms with Crippen molar-refractivity contribution in [1.29, 1.82) is 0 Å². The molecule has 1 aromatic carbocycles. The molecule has 2 atom stereocenters. The Balaban J connectivity index is 1.95. The molecule has 0 spiro atoms. The van der Waals surface area contributed by atoms with Gasteiger partial charge < -0.3 is 10.0 Å². The number of fused-ring (bicyclic) bond motifs is 1. The Kier molecular flexibility index (Phi) is 3.55. The van der Waals surface area contributed by atoms with Crippen LogP contribution in [0.1, 0.15) is 30.9 Å². The smallest absolute Gasteiger partial charge is 0.406 e. The summed E-state index contributed by atoms with van der Waals surface area (Å²) in [7, 11) is 1.68. The summed E-state index contributed by atoms with van der Waals surface area (Å²) in [6.45, 7) is 0. The monoisotopic (exact) mass is 289 g/mol. The van der Waals surface area contributed by atoms with E-state index in [4.69, 9.17) is 5.11 Å². The summed E-state index contributed by atoms with van der Waals surface area (Å²) in [6, 6.07) is 7.73. The molecule has 2 aliphatic rings. The van der Waals surface area contributed by atoms with Gasteiger partial charge >= 0.3 is 6.09 Å². The molecule has 3 N–H and O–H groups in total. The molecule has 2 unspecified atom stereocenters. The number of rotatable bonds is 3. The summed E-state index contributed by atoms with van der Waals surface area (Å²) in [4.78, 5) is 24.9. The van der Waals surface area contributed by atoms with Crippen LogP contribution in [0.25, 0.3) is 0 Å². The predicted molar refractivity (Wildman–Crippen MR) is 78.0 cm³/mol. The van der Waals surface area contributed by atoms with Gasteiger partial charge in [0.05, 0.1) is 0 Å². The zero-order valence-corrected chi connectivity index (χ0v) is 11.9. The summed E-state index contributed by atoms with van der Waals surface area (Å²) >= 11 is 0. The second-order valence-electron chi connectivity index (χ2n) is 5.74. The van der Waals surface area contributed by atoms with E-state index < -0.39 is 12.3 Å². The van der Waals surface area contributed by atoms with Crippen molar-refractivity contribution in [3.05, 3.63) is 29.8 Å². The molecule has 1 heterocycles. The average Bonchev–Trinajstić information content (AvgIpc) is 3.27. The molecule has 1 aliphatic heterocycles. The zero-order valence-electron chi connectivity index (χ0n) is 11.9. The minimum absolute atomic E-state index is 0.0144. The van der Waals surface area contributed by atoms with Crippen molar-refractivity contribution < 1.29 is 14.7 Å². The van der Waals surface area contributed by atoms with Gasteiger partial charge in [0.25, 0.3) is 5.91 Å². The molecule has 6 heteroatoms. The lowest BCUT2D eigenvalue weighted by atomic mass is 9.99. The third-order valence-corrected chi connectivity index (χ3v) is 4.15. The summed E-state index contributed by atoms with van der Waals surface area (Å²) in [5.41, 5.74) is 1.89. The first-order valence-corrected chi connectivity index (χ1v) is 7.18. The van der Waals surface area contributed by atoms with Crippen LogP contribution in [0.4, 0.5) is 10.5 Å². The van der Waals surface area contributed by atoms with Crippen molar-refractivity contribution in [1.82, 2.24) is 10.6 Å². The van der Waals surface area contributed by atoms with Crippen LogP contribution in [-0.4, -0.2) is 30.3 Å². The van der Waals surface area contributed by atoms with Gasteiger partial charge in [-0.1, -0.05) is 31.0 Å². The maximum Gasteiger partial charge on any atom is 0.406 e. The molecule has 21 heavy (non-hydrogen) atoms. The number of benzene rings is 1. The van der Waals surface area contributed by atoms with E-state index in [2.05, 4.69) is 10.6 Å². The standard InChI is InChI=1S/C15H19N3O3/c1-18-12-5-3-2-4-10(12)11(8-9-6-7-9)16-13(14(18)19)17-15(20)21/h2-5,9,11,13,16-17H,6-8H2,1H3,(H,20,21). The second kappa shape index (κ2) is 5.37. The number of hydrogen-bond donors (Lipinski definition) is 3. The van der Waals surface area contributed by atoms with E-state index in [1.165, 1.54) is 17.7 Å². The van der Waals surface area contributed by atoms with Crippen LogP contribution < -0.4 is 15.5 Å². The third-order valence-electron chi connectivity index (χ3n) is 4.15. The lowest BCUT2D eigenvalue weighted by Crippen LogP contribution is -2.54. The minimum Gasteiger partial charge on any atom is -0.465 e. The fraction of sp³-hybridized carbons (Fsp3) is 0.467. The number of carboxylic acid groups (broad SMARTS) is 1. The second-order valence-corrected chi connectivity index (χ2v) is 5.74. The van der Waals surface area contributed by atoms with Gasteiger partial charge in [-0.3, -0.25) is 15.4 Å². The normalized spacial score (nSPS) is 25.2. The molecule has 0 saturated heterocycles. The number of carbonyl (C=O) groups is 2. The molecule has 1 aliphatic carbocycles. The number of nitrogens with zero attached hydrogens (tertiary/aromatic N) is 1. The van der Waals surface area contributed by atoms with Crippen molar-refractivity contribution in [2.24, 2.45) is 5.92 Å². The predicted octanol–water partition coefficient (Wildman–Crippen LogP) is 1.69. The van der Waals surface area contributed by atoms with E-state index >= 15 is 0 Å². The third kappa shape index (κ3) is 2.85. The highest BCUT2D eigenvalue weighted by Crippen LogP contribution is 2.40. The molecule has 6 nitrogen and oxygen atoms in total. The maximum atomic E-state index is 12.4. The number of carbonyl (C=O) groups excluding carboxylic acids is 1. The Hall–Kier alpha value is -2.08. The molecule has 2 amide bonds. The van der Waals surface area contributed by atoms with Gasteiger partial charge in [-0.2, -0.15) is 0 Å². The quantitative estimate of drug-likeness (QED) is 0.791. The number of anilines is 1. The summed E-state index contributed by atoms with van der Waals surface area (Å²) in [5.74, 6) is 0.377. The molecule has 112 valence electrons. The van der Waals surface area contributed by atoms with Crippen molar-refractivity contribution >= 4 is 17.7 Å². The van der Waals surface area contributed by atoms with Crippen LogP contribution in [-0.2, 0) is 4.79 Å². The summed E-state index contributed by atoms with van der Waals surface area (Å²) < 4.78 is 0. The SMILES string of the molecule is CN1C(=O)C(NC(=O)O)NC(CC2CC2)c2ccccc21. The highest BCUT2D eigenvalue weighted by molar-refractivity contribution is 5.99. The van der Waals surface area contributed by atoms with Gasteiger partial charge in [-0.05, 0) is 24.0 Å². The topological polar surface area (TPSA) is 81.7 Å². The van der Waals surface area contributed by atoms with Gasteiger partial charge in [-0.25, -0.2) is 4.79 Å². The fourth-order valence-corrected chi connectivity index (χ4v) is 2.87. The van der Waals surface area contributed by atoms with Crippen LogP contribution in [0.3, 0.4) is 0 Å². The Bertz CT molecular complexity index is 571. The fourth-order valence-electron chi connectivity index (χ4n) is 2.87. The van der Waals surface area contributed by atoms with Gasteiger partial charge in [-0.15, -0.1) is 0 Å². The van der Waals surface area contributed by atoms with Crippen LogP contribution in [0.15, 0.2) is 24.3 Å². The molecule has 1 aromatic rings. The zero-order chi connectivity index (χ0) is 15.0. The number of likely N-dealkylation sites (N-methyl/N-ethyl adjacent to an activating group) is 1. The Morgan fingerprint density at radius 3 is 2.81 bits per heavy atom. The molecule has 0 radical (unpaired) electrons. The summed E-state index contributed by atoms with van der Waals surface area (Å²) in [6.07, 6.45) is 1.23. The van der Waals surface area contributed by atoms with Crippen molar-refractivity contribution in [2.75, 3.05) is 11.9 Å². The Morgan fingerprint density at radius 2 is 2.14 bits per heavy atom. The first-order chi connectivity index (χ1) is 10.1. The van der Waals surface area contributed by atoms with Gasteiger partial charge in [0.1, 0.15) is 0 Å². The minimum atomic E-state index is -1.20. The van der Waals surface area contributed by atoms with E-state index in [9.17, 15) is 9.59 Å². The van der Waals surface area contributed by atoms with Gasteiger partial charge in [0.2, 0.25) is 0 Å². The first-order valence-electron chi connectivity index (χ1n) is 7.18. The summed E-state index contributed by atoms with van der Waals surface area (Å²) in [5, 5.41) is 14.4. The van der Waals surface area contributed by atoms with Crippen LogP contribution in [0, 0.1) is 5.92 Å². The molecule has 3 rings (SSSR count). The molecular weight excluding hydrogens is 270 g/mol. The highest BCUT2D eigenvalue weighted by atomic mass is 16.4. The molecule has 0 bridgehead atoms. The van der Waals surface area contributed by atoms with Gasteiger partial charge in [0.15, 0.2) is 6.17 Å². The number of amides is 2. The number of hydrogen-bond acceptors (Lipinski definition) is 3. The molecule has 1 fully saturated rings. The molecular formula is C15H19N3O3. The number of para-hydroxylation sites is 1. The van der Waals surface area contributed by atoms with Crippen LogP contribution >= 0.6 is 0 Å². The van der Waals surface area contributed by atoms with Gasteiger partial charge in [0, 0.05) is 18.8 Å². The molecule has 1 saturated carbocycles. The van der Waals surface area contributed by atoms with Crippen molar-refractivity contribution in [2.45, 2.75) is 31.5 Å². The van der Waals surface area contributed by atoms with Crippen LogP contribution in [0.5, 0.6) is 0 Å².